The van der Waals surface area contributed by atoms with Crippen molar-refractivity contribution < 1.29 is 17.9 Å². The highest BCUT2D eigenvalue weighted by atomic mass is 35.5. The third-order valence-corrected chi connectivity index (χ3v) is 3.51. The van der Waals surface area contributed by atoms with E-state index in [-0.39, 0.29) is 23.3 Å². The lowest BCUT2D eigenvalue weighted by atomic mass is 10.2. The Kier molecular flexibility index (Phi) is 3.05. The molecule has 2 aliphatic heterocycles. The van der Waals surface area contributed by atoms with Gasteiger partial charge < -0.3 is 9.64 Å². The van der Waals surface area contributed by atoms with Crippen molar-refractivity contribution >= 4 is 17.4 Å². The maximum atomic E-state index is 12.7. The number of rotatable bonds is 1. The van der Waals surface area contributed by atoms with Crippen LogP contribution in [-0.2, 0) is 10.9 Å². The van der Waals surface area contributed by atoms with Crippen molar-refractivity contribution in [2.75, 3.05) is 18.0 Å². The Morgan fingerprint density at radius 3 is 2.42 bits per heavy atom. The number of aromatic nitrogens is 2. The molecular formula is C11H11ClF3N3O. The molecule has 0 radical (unpaired) electrons. The van der Waals surface area contributed by atoms with E-state index in [9.17, 15) is 13.2 Å². The number of morpholine rings is 1. The van der Waals surface area contributed by atoms with E-state index in [4.69, 9.17) is 16.3 Å². The van der Waals surface area contributed by atoms with Crippen LogP contribution in [0.25, 0.3) is 0 Å². The Hall–Kier alpha value is -1.08. The van der Waals surface area contributed by atoms with E-state index in [1.807, 2.05) is 0 Å². The Morgan fingerprint density at radius 2 is 1.84 bits per heavy atom. The van der Waals surface area contributed by atoms with Crippen molar-refractivity contribution in [3.05, 3.63) is 17.0 Å². The number of hydrogen-bond acceptors (Lipinski definition) is 4. The minimum Gasteiger partial charge on any atom is -0.371 e. The number of hydrogen-bond donors (Lipinski definition) is 0. The summed E-state index contributed by atoms with van der Waals surface area (Å²) in [5.74, 6) is 0.215. The van der Waals surface area contributed by atoms with Gasteiger partial charge in [-0.3, -0.25) is 0 Å². The Bertz CT molecular complexity index is 485. The molecule has 0 saturated carbocycles. The molecule has 0 aromatic carbocycles. The summed E-state index contributed by atoms with van der Waals surface area (Å²) in [6, 6.07) is 0.941. The maximum absolute atomic E-state index is 12.7. The van der Waals surface area contributed by atoms with Gasteiger partial charge in [0.2, 0.25) is 5.28 Å². The molecule has 2 fully saturated rings. The minimum absolute atomic E-state index is 0.0711. The van der Waals surface area contributed by atoms with Gasteiger partial charge in [-0.25, -0.2) is 9.97 Å². The molecule has 3 rings (SSSR count). The van der Waals surface area contributed by atoms with Crippen LogP contribution in [0.2, 0.25) is 5.28 Å². The van der Waals surface area contributed by atoms with Crippen LogP contribution in [0.3, 0.4) is 0 Å². The highest BCUT2D eigenvalue weighted by Crippen LogP contribution is 2.33. The predicted octanol–water partition coefficient (Wildman–Crippen LogP) is 2.52. The Morgan fingerprint density at radius 1 is 1.21 bits per heavy atom. The number of fused-ring (bicyclic) bond motifs is 2. The van der Waals surface area contributed by atoms with E-state index >= 15 is 0 Å². The topological polar surface area (TPSA) is 38.2 Å². The summed E-state index contributed by atoms with van der Waals surface area (Å²) < 4.78 is 43.7. The molecule has 0 amide bonds. The fraction of sp³-hybridized carbons (Fsp3) is 0.636. The van der Waals surface area contributed by atoms with Crippen LogP contribution in [0.1, 0.15) is 18.5 Å². The molecule has 0 spiro atoms. The van der Waals surface area contributed by atoms with Crippen LogP contribution in [0.5, 0.6) is 0 Å². The average Bonchev–Trinajstić information content (AvgIpc) is 2.66. The quantitative estimate of drug-likeness (QED) is 0.746. The van der Waals surface area contributed by atoms with Gasteiger partial charge in [0.25, 0.3) is 0 Å². The first kappa shape index (κ1) is 12.9. The van der Waals surface area contributed by atoms with Crippen molar-refractivity contribution in [3.63, 3.8) is 0 Å². The summed E-state index contributed by atoms with van der Waals surface area (Å²) in [4.78, 5) is 8.90. The van der Waals surface area contributed by atoms with Gasteiger partial charge in [0.05, 0.1) is 12.2 Å². The normalized spacial score (nSPS) is 26.8. The molecular weight excluding hydrogens is 283 g/mol. The average molecular weight is 294 g/mol. The Labute approximate surface area is 112 Å². The second kappa shape index (κ2) is 4.49. The van der Waals surface area contributed by atoms with Crippen LogP contribution < -0.4 is 4.90 Å². The van der Waals surface area contributed by atoms with Crippen molar-refractivity contribution in [3.8, 4) is 0 Å². The summed E-state index contributed by atoms with van der Waals surface area (Å²) >= 11 is 5.58. The number of halogens is 4. The van der Waals surface area contributed by atoms with Crippen molar-refractivity contribution in [2.45, 2.75) is 31.2 Å². The highest BCUT2D eigenvalue weighted by molar-refractivity contribution is 6.28. The van der Waals surface area contributed by atoms with Gasteiger partial charge in [-0.05, 0) is 24.4 Å². The summed E-state index contributed by atoms with van der Waals surface area (Å²) in [6.07, 6.45) is -2.51. The highest BCUT2D eigenvalue weighted by Gasteiger charge is 2.37. The van der Waals surface area contributed by atoms with Crippen LogP contribution in [0.15, 0.2) is 6.07 Å². The summed E-state index contributed by atoms with van der Waals surface area (Å²) in [7, 11) is 0. The van der Waals surface area contributed by atoms with E-state index in [1.165, 1.54) is 0 Å². The van der Waals surface area contributed by atoms with Gasteiger partial charge in [-0.1, -0.05) is 0 Å². The summed E-state index contributed by atoms with van der Waals surface area (Å²) in [5, 5.41) is -0.385. The molecule has 2 unspecified atom stereocenters. The molecule has 2 saturated heterocycles. The number of ether oxygens (including phenoxy) is 1. The fourth-order valence-electron chi connectivity index (χ4n) is 2.51. The van der Waals surface area contributed by atoms with E-state index in [0.29, 0.717) is 13.1 Å². The predicted molar refractivity (Wildman–Crippen MR) is 62.2 cm³/mol. The van der Waals surface area contributed by atoms with Gasteiger partial charge in [0.15, 0.2) is 5.69 Å². The van der Waals surface area contributed by atoms with Gasteiger partial charge in [0, 0.05) is 19.2 Å². The van der Waals surface area contributed by atoms with E-state index < -0.39 is 11.9 Å². The van der Waals surface area contributed by atoms with Crippen molar-refractivity contribution in [1.29, 1.82) is 0 Å². The molecule has 0 N–H and O–H groups in total. The molecule has 1 aromatic heterocycles. The molecule has 2 bridgehead atoms. The lowest BCUT2D eigenvalue weighted by Gasteiger charge is -2.33. The molecule has 0 aliphatic carbocycles. The number of nitrogens with zero attached hydrogens (tertiary/aromatic N) is 3. The molecule has 19 heavy (non-hydrogen) atoms. The SMILES string of the molecule is FC(F)(F)c1cc(N2CC3CCC(C2)O3)nc(Cl)n1. The third-order valence-electron chi connectivity index (χ3n) is 3.34. The number of anilines is 1. The molecule has 2 aliphatic rings. The van der Waals surface area contributed by atoms with Gasteiger partial charge in [-0.2, -0.15) is 13.2 Å². The second-order valence-electron chi connectivity index (χ2n) is 4.74. The molecule has 104 valence electrons. The lowest BCUT2D eigenvalue weighted by molar-refractivity contribution is -0.141. The second-order valence-corrected chi connectivity index (χ2v) is 5.08. The molecule has 3 heterocycles. The molecule has 1 aromatic rings. The first-order valence-electron chi connectivity index (χ1n) is 5.94. The molecule has 8 heteroatoms. The van der Waals surface area contributed by atoms with Crippen LogP contribution >= 0.6 is 11.6 Å². The van der Waals surface area contributed by atoms with E-state index in [2.05, 4.69) is 9.97 Å². The van der Waals surface area contributed by atoms with Crippen LogP contribution in [0, 0.1) is 0 Å². The minimum atomic E-state index is -4.52. The van der Waals surface area contributed by atoms with Gasteiger partial charge in [-0.15, -0.1) is 0 Å². The van der Waals surface area contributed by atoms with Gasteiger partial charge in [0.1, 0.15) is 5.82 Å². The zero-order valence-electron chi connectivity index (χ0n) is 9.82. The molecule has 2 atom stereocenters. The van der Waals surface area contributed by atoms with Crippen LogP contribution in [0.4, 0.5) is 19.0 Å². The first-order chi connectivity index (χ1) is 8.91. The van der Waals surface area contributed by atoms with Crippen molar-refractivity contribution in [2.24, 2.45) is 0 Å². The van der Waals surface area contributed by atoms with E-state index in [0.717, 1.165) is 18.9 Å². The standard InChI is InChI=1S/C11H11ClF3N3O/c12-10-16-8(11(13,14)15)3-9(17-10)18-4-6-1-2-7(5-18)19-6/h3,6-7H,1-2,4-5H2. The zero-order valence-corrected chi connectivity index (χ0v) is 10.6. The Balaban J connectivity index is 1.90. The molecule has 4 nitrogen and oxygen atoms in total. The summed E-state index contributed by atoms with van der Waals surface area (Å²) in [5.41, 5.74) is -1.01. The zero-order chi connectivity index (χ0) is 13.6. The fourth-order valence-corrected chi connectivity index (χ4v) is 2.69. The van der Waals surface area contributed by atoms with Gasteiger partial charge >= 0.3 is 6.18 Å². The van der Waals surface area contributed by atoms with Crippen LogP contribution in [-0.4, -0.2) is 35.3 Å². The number of alkyl halides is 3. The monoisotopic (exact) mass is 293 g/mol. The lowest BCUT2D eigenvalue weighted by Crippen LogP contribution is -2.43. The largest absolute Gasteiger partial charge is 0.433 e. The smallest absolute Gasteiger partial charge is 0.371 e. The van der Waals surface area contributed by atoms with Crippen molar-refractivity contribution in [1.82, 2.24) is 9.97 Å². The van der Waals surface area contributed by atoms with E-state index in [1.54, 1.807) is 4.90 Å². The summed E-state index contributed by atoms with van der Waals surface area (Å²) in [6.45, 7) is 1.09. The third kappa shape index (κ3) is 2.62. The first-order valence-corrected chi connectivity index (χ1v) is 6.32. The maximum Gasteiger partial charge on any atom is 0.433 e.